The first kappa shape index (κ1) is 17.4. The highest BCUT2D eigenvalue weighted by Gasteiger charge is 2.64. The van der Waals surface area contributed by atoms with Crippen molar-refractivity contribution in [3.8, 4) is 0 Å². The van der Waals surface area contributed by atoms with Crippen LogP contribution in [0.2, 0.25) is 0 Å². The second-order valence-electron chi connectivity index (χ2n) is 8.45. The molecule has 0 spiro atoms. The molecule has 4 atom stereocenters. The quantitative estimate of drug-likeness (QED) is 0.707. The third-order valence-electron chi connectivity index (χ3n) is 7.25. The predicted molar refractivity (Wildman–Crippen MR) is 97.2 cm³/mol. The van der Waals surface area contributed by atoms with Crippen molar-refractivity contribution in [2.45, 2.75) is 64.9 Å². The van der Waals surface area contributed by atoms with Gasteiger partial charge in [0.25, 0.3) is 0 Å². The molecule has 0 radical (unpaired) electrons. The summed E-state index contributed by atoms with van der Waals surface area (Å²) in [7, 11) is 0. The van der Waals surface area contributed by atoms with E-state index >= 15 is 0 Å². The van der Waals surface area contributed by atoms with Gasteiger partial charge in [0.15, 0.2) is 17.2 Å². The fraction of sp³-hybridized carbons (Fsp3) is 0.591. The molecule has 4 nitrogen and oxygen atoms in total. The molecule has 0 saturated heterocycles. The average molecular weight is 354 g/mol. The van der Waals surface area contributed by atoms with Crippen molar-refractivity contribution in [2.24, 2.45) is 17.3 Å². The van der Waals surface area contributed by atoms with Crippen molar-refractivity contribution in [1.29, 1.82) is 0 Å². The minimum absolute atomic E-state index is 0.0573. The number of hydrogen-bond acceptors (Lipinski definition) is 4. The molecule has 138 valence electrons. The molecule has 0 aliphatic heterocycles. The van der Waals surface area contributed by atoms with Gasteiger partial charge in [-0.1, -0.05) is 19.1 Å². The summed E-state index contributed by atoms with van der Waals surface area (Å²) in [5.74, 6) is 0.454. The summed E-state index contributed by atoms with van der Waals surface area (Å²) in [5, 5.41) is 0. The zero-order valence-electron chi connectivity index (χ0n) is 15.8. The van der Waals surface area contributed by atoms with E-state index in [-0.39, 0.29) is 23.5 Å². The number of allylic oxidation sites excluding steroid dienone is 5. The van der Waals surface area contributed by atoms with Crippen molar-refractivity contribution in [2.75, 3.05) is 0 Å². The van der Waals surface area contributed by atoms with E-state index in [1.54, 1.807) is 6.92 Å². The first-order chi connectivity index (χ1) is 12.3. The van der Waals surface area contributed by atoms with E-state index in [1.165, 1.54) is 23.6 Å². The summed E-state index contributed by atoms with van der Waals surface area (Å²) in [6, 6.07) is 0. The Kier molecular flexibility index (Phi) is 3.87. The van der Waals surface area contributed by atoms with E-state index in [2.05, 4.69) is 19.1 Å². The maximum Gasteiger partial charge on any atom is 0.303 e. The van der Waals surface area contributed by atoms with Crippen molar-refractivity contribution < 1.29 is 19.1 Å². The van der Waals surface area contributed by atoms with Crippen molar-refractivity contribution in [3.63, 3.8) is 0 Å². The minimum atomic E-state index is -1.05. The monoisotopic (exact) mass is 354 g/mol. The predicted octanol–water partition coefficient (Wildman–Crippen LogP) is 3.86. The lowest BCUT2D eigenvalue weighted by Gasteiger charge is -2.48. The third-order valence-corrected chi connectivity index (χ3v) is 7.25. The molecule has 0 unspecified atom stereocenters. The van der Waals surface area contributed by atoms with Gasteiger partial charge < -0.3 is 4.74 Å². The van der Waals surface area contributed by atoms with Crippen LogP contribution in [0.4, 0.5) is 0 Å². The lowest BCUT2D eigenvalue weighted by atomic mass is 9.57. The fourth-order valence-electron chi connectivity index (χ4n) is 6.05. The van der Waals surface area contributed by atoms with Crippen LogP contribution < -0.4 is 0 Å². The van der Waals surface area contributed by atoms with E-state index in [9.17, 15) is 14.4 Å². The number of rotatable bonds is 2. The molecule has 4 aliphatic rings. The largest absolute Gasteiger partial charge is 0.450 e. The van der Waals surface area contributed by atoms with Gasteiger partial charge in [-0.15, -0.1) is 0 Å². The number of esters is 1. The number of carbonyl (C=O) groups excluding carboxylic acids is 3. The molecule has 0 N–H and O–H groups in total. The van der Waals surface area contributed by atoms with Crippen LogP contribution in [0.5, 0.6) is 0 Å². The normalized spacial score (nSPS) is 38.3. The number of Topliss-reactive ketones (excluding diaryl/α,β-unsaturated/α-hetero) is 1. The lowest BCUT2D eigenvalue weighted by molar-refractivity contribution is -0.175. The van der Waals surface area contributed by atoms with Gasteiger partial charge in [0.2, 0.25) is 0 Å². The van der Waals surface area contributed by atoms with Gasteiger partial charge >= 0.3 is 5.97 Å². The molecule has 4 aliphatic carbocycles. The number of fused-ring (bicyclic) bond motifs is 4. The van der Waals surface area contributed by atoms with Crippen LogP contribution in [0.3, 0.4) is 0 Å². The summed E-state index contributed by atoms with van der Waals surface area (Å²) in [4.78, 5) is 36.2. The molecule has 1 fully saturated rings. The van der Waals surface area contributed by atoms with Gasteiger partial charge in [-0.05, 0) is 73.7 Å². The van der Waals surface area contributed by atoms with Gasteiger partial charge in [-0.2, -0.15) is 0 Å². The Labute approximate surface area is 154 Å². The zero-order valence-corrected chi connectivity index (χ0v) is 15.8. The molecule has 1 saturated carbocycles. The van der Waals surface area contributed by atoms with Crippen LogP contribution in [0.1, 0.15) is 59.3 Å². The van der Waals surface area contributed by atoms with Gasteiger partial charge in [-0.25, -0.2) is 0 Å². The molecule has 0 bridgehead atoms. The van der Waals surface area contributed by atoms with Crippen LogP contribution in [-0.2, 0) is 19.1 Å². The summed E-state index contributed by atoms with van der Waals surface area (Å²) < 4.78 is 5.72. The van der Waals surface area contributed by atoms with E-state index in [0.717, 1.165) is 25.7 Å². The lowest BCUT2D eigenvalue weighted by Crippen LogP contribution is -2.54. The molecular formula is C22H26O4. The fourth-order valence-corrected chi connectivity index (χ4v) is 6.05. The Morgan fingerprint density at radius 3 is 2.62 bits per heavy atom. The molecule has 0 heterocycles. The van der Waals surface area contributed by atoms with Crippen molar-refractivity contribution >= 4 is 17.5 Å². The Morgan fingerprint density at radius 2 is 1.92 bits per heavy atom. The molecule has 0 amide bonds. The van der Waals surface area contributed by atoms with Gasteiger partial charge in [-0.3, -0.25) is 14.4 Å². The number of carbonyl (C=O) groups is 3. The molecule has 0 aromatic carbocycles. The Bertz CT molecular complexity index is 799. The summed E-state index contributed by atoms with van der Waals surface area (Å²) in [6.07, 6.45) is 10.9. The van der Waals surface area contributed by atoms with Crippen molar-refractivity contribution in [3.05, 3.63) is 34.9 Å². The van der Waals surface area contributed by atoms with Crippen LogP contribution >= 0.6 is 0 Å². The second-order valence-corrected chi connectivity index (χ2v) is 8.45. The first-order valence-corrected chi connectivity index (χ1v) is 9.65. The van der Waals surface area contributed by atoms with Crippen LogP contribution in [-0.4, -0.2) is 23.1 Å². The van der Waals surface area contributed by atoms with Crippen LogP contribution in [0.25, 0.3) is 0 Å². The highest BCUT2D eigenvalue weighted by Crippen LogP contribution is 2.62. The topological polar surface area (TPSA) is 60.4 Å². The number of ether oxygens (including phenoxy) is 1. The molecule has 26 heavy (non-hydrogen) atoms. The maximum absolute atomic E-state index is 12.6. The highest BCUT2D eigenvalue weighted by molar-refractivity contribution is 5.93. The summed E-state index contributed by atoms with van der Waals surface area (Å²) in [6.45, 7) is 5.02. The minimum Gasteiger partial charge on any atom is -0.450 e. The van der Waals surface area contributed by atoms with E-state index in [4.69, 9.17) is 4.74 Å². The molecule has 4 rings (SSSR count). The van der Waals surface area contributed by atoms with Gasteiger partial charge in [0.05, 0.1) is 0 Å². The van der Waals surface area contributed by atoms with E-state index < -0.39 is 11.0 Å². The number of hydrogen-bond donors (Lipinski definition) is 0. The SMILES string of the molecule is CC(=O)O[C@]1(C(C)=O)CC[C@H]2[C@@H]3CCC4=CC(=O)CCC4=C3C=C[C@@]21C. The maximum atomic E-state index is 12.6. The summed E-state index contributed by atoms with van der Waals surface area (Å²) >= 11 is 0. The molecular weight excluding hydrogens is 328 g/mol. The molecule has 0 aromatic rings. The second kappa shape index (κ2) is 5.77. The van der Waals surface area contributed by atoms with E-state index in [0.29, 0.717) is 18.8 Å². The molecule has 4 heteroatoms. The Balaban J connectivity index is 1.82. The van der Waals surface area contributed by atoms with Crippen molar-refractivity contribution in [1.82, 2.24) is 0 Å². The summed E-state index contributed by atoms with van der Waals surface area (Å²) in [5.41, 5.74) is 2.38. The molecule has 0 aromatic heterocycles. The van der Waals surface area contributed by atoms with E-state index in [1.807, 2.05) is 6.08 Å². The standard InChI is InChI=1S/C22H26O4/c1-13(23)22(26-14(2)24)11-9-20-19-6-4-15-12-16(25)5-7-17(15)18(19)8-10-21(20,22)3/h8,10,12,19-20H,4-7,9,11H2,1-3H3/t19-,20+,21+,22+/m1/s1. The first-order valence-electron chi connectivity index (χ1n) is 9.65. The highest BCUT2D eigenvalue weighted by atomic mass is 16.6. The average Bonchev–Trinajstić information content (AvgIpc) is 2.87. The smallest absolute Gasteiger partial charge is 0.303 e. The van der Waals surface area contributed by atoms with Gasteiger partial charge in [0.1, 0.15) is 0 Å². The third kappa shape index (κ3) is 2.23. The van der Waals surface area contributed by atoms with Gasteiger partial charge in [0, 0.05) is 18.8 Å². The van der Waals surface area contributed by atoms with Crippen LogP contribution in [0.15, 0.2) is 34.9 Å². The Hall–Kier alpha value is -1.97. The zero-order chi connectivity index (χ0) is 18.7. The number of ketones is 2. The van der Waals surface area contributed by atoms with Crippen LogP contribution in [0, 0.1) is 17.3 Å². The Morgan fingerprint density at radius 1 is 1.15 bits per heavy atom.